The number of hydrogen-bond acceptors (Lipinski definition) is 4. The van der Waals surface area contributed by atoms with Crippen LogP contribution in [-0.4, -0.2) is 28.3 Å². The van der Waals surface area contributed by atoms with E-state index in [1.165, 1.54) is 5.56 Å². The third kappa shape index (κ3) is 3.15. The molecule has 21 heavy (non-hydrogen) atoms. The summed E-state index contributed by atoms with van der Waals surface area (Å²) in [6.07, 6.45) is 3.90. The van der Waals surface area contributed by atoms with Gasteiger partial charge in [0, 0.05) is 37.3 Å². The summed E-state index contributed by atoms with van der Waals surface area (Å²) in [6.45, 7) is 1.55. The zero-order valence-corrected chi connectivity index (χ0v) is 12.4. The van der Waals surface area contributed by atoms with Gasteiger partial charge in [0.1, 0.15) is 11.3 Å². The summed E-state index contributed by atoms with van der Waals surface area (Å²) in [4.78, 5) is 2.18. The van der Waals surface area contributed by atoms with Crippen LogP contribution in [0.15, 0.2) is 47.1 Å². The first kappa shape index (κ1) is 13.9. The minimum absolute atomic E-state index is 0.140. The normalized spacial score (nSPS) is 13.1. The Hall–Kier alpha value is -2.11. The number of aryl methyl sites for hydroxylation is 1. The van der Waals surface area contributed by atoms with Gasteiger partial charge in [-0.15, -0.1) is 0 Å². The molecule has 5 heteroatoms. The van der Waals surface area contributed by atoms with Crippen molar-refractivity contribution in [3.63, 3.8) is 0 Å². The van der Waals surface area contributed by atoms with E-state index < -0.39 is 0 Å². The molecule has 0 aliphatic rings. The molecule has 0 amide bonds. The van der Waals surface area contributed by atoms with Crippen molar-refractivity contribution in [2.45, 2.75) is 12.6 Å². The Morgan fingerprint density at radius 3 is 2.90 bits per heavy atom. The summed E-state index contributed by atoms with van der Waals surface area (Å²) >= 11 is 0. The van der Waals surface area contributed by atoms with E-state index in [0.29, 0.717) is 0 Å². The molecule has 0 aliphatic heterocycles. The molecule has 1 aromatic carbocycles. The molecule has 0 spiro atoms. The largest absolute Gasteiger partial charge is 0.459 e. The highest BCUT2D eigenvalue weighted by Crippen LogP contribution is 2.23. The summed E-state index contributed by atoms with van der Waals surface area (Å²) in [7, 11) is 3.97. The van der Waals surface area contributed by atoms with Gasteiger partial charge in [-0.05, 0) is 19.2 Å². The number of nitrogens with zero attached hydrogens (tertiary/aromatic N) is 3. The third-order valence-corrected chi connectivity index (χ3v) is 3.53. The van der Waals surface area contributed by atoms with Crippen molar-refractivity contribution >= 4 is 11.0 Å². The Balaban J connectivity index is 1.66. The summed E-state index contributed by atoms with van der Waals surface area (Å²) in [5.41, 5.74) is 8.33. The lowest BCUT2D eigenvalue weighted by atomic mass is 10.2. The first-order valence-electron chi connectivity index (χ1n) is 7.02. The number of fused-ring (bicyclic) bond motifs is 1. The molecule has 2 N–H and O–H groups in total. The van der Waals surface area contributed by atoms with Gasteiger partial charge in [0.15, 0.2) is 0 Å². The number of para-hydroxylation sites is 1. The monoisotopic (exact) mass is 284 g/mol. The maximum atomic E-state index is 6.26. The fourth-order valence-corrected chi connectivity index (χ4v) is 2.54. The van der Waals surface area contributed by atoms with E-state index >= 15 is 0 Å². The smallest absolute Gasteiger partial charge is 0.134 e. The molecular weight excluding hydrogens is 264 g/mol. The molecule has 2 aromatic heterocycles. The molecule has 3 aromatic rings. The van der Waals surface area contributed by atoms with Crippen LogP contribution in [0.4, 0.5) is 0 Å². The van der Waals surface area contributed by atoms with Gasteiger partial charge in [0.05, 0.1) is 12.2 Å². The Morgan fingerprint density at radius 2 is 2.19 bits per heavy atom. The SMILES string of the molecule is CN(Cc1cnn(C)c1)CC(N)c1cc2ccccc2o1. The van der Waals surface area contributed by atoms with Gasteiger partial charge in [-0.3, -0.25) is 9.58 Å². The van der Waals surface area contributed by atoms with Crippen LogP contribution in [0.2, 0.25) is 0 Å². The fourth-order valence-electron chi connectivity index (χ4n) is 2.54. The van der Waals surface area contributed by atoms with Crippen LogP contribution in [0.25, 0.3) is 11.0 Å². The summed E-state index contributed by atoms with van der Waals surface area (Å²) in [5.74, 6) is 0.828. The maximum absolute atomic E-state index is 6.26. The molecule has 2 heterocycles. The molecule has 0 fully saturated rings. The molecule has 0 radical (unpaired) electrons. The minimum atomic E-state index is -0.140. The predicted octanol–water partition coefficient (Wildman–Crippen LogP) is 2.30. The Morgan fingerprint density at radius 1 is 1.38 bits per heavy atom. The Bertz CT molecular complexity index is 698. The average molecular weight is 284 g/mol. The second-order valence-electron chi connectivity index (χ2n) is 5.51. The highest BCUT2D eigenvalue weighted by atomic mass is 16.3. The van der Waals surface area contributed by atoms with E-state index in [9.17, 15) is 0 Å². The van der Waals surface area contributed by atoms with Gasteiger partial charge in [0.25, 0.3) is 0 Å². The maximum Gasteiger partial charge on any atom is 0.134 e. The Kier molecular flexibility index (Phi) is 3.77. The van der Waals surface area contributed by atoms with Crippen molar-refractivity contribution in [2.75, 3.05) is 13.6 Å². The van der Waals surface area contributed by atoms with Gasteiger partial charge in [0.2, 0.25) is 0 Å². The van der Waals surface area contributed by atoms with Crippen molar-refractivity contribution in [1.29, 1.82) is 0 Å². The van der Waals surface area contributed by atoms with Gasteiger partial charge < -0.3 is 10.2 Å². The van der Waals surface area contributed by atoms with Crippen LogP contribution in [0.5, 0.6) is 0 Å². The van der Waals surface area contributed by atoms with Crippen molar-refractivity contribution < 1.29 is 4.42 Å². The lowest BCUT2D eigenvalue weighted by Crippen LogP contribution is -2.28. The van der Waals surface area contributed by atoms with Crippen molar-refractivity contribution in [3.8, 4) is 0 Å². The predicted molar refractivity (Wildman–Crippen MR) is 82.7 cm³/mol. The van der Waals surface area contributed by atoms with Crippen molar-refractivity contribution in [3.05, 3.63) is 54.0 Å². The number of rotatable bonds is 5. The number of likely N-dealkylation sites (N-methyl/N-ethyl adjacent to an activating group) is 1. The van der Waals surface area contributed by atoms with Crippen molar-refractivity contribution in [1.82, 2.24) is 14.7 Å². The van der Waals surface area contributed by atoms with Gasteiger partial charge in [-0.25, -0.2) is 0 Å². The molecule has 0 saturated heterocycles. The minimum Gasteiger partial charge on any atom is -0.459 e. The highest BCUT2D eigenvalue weighted by molar-refractivity contribution is 5.77. The van der Waals surface area contributed by atoms with Crippen LogP contribution in [0.1, 0.15) is 17.4 Å². The molecular formula is C16H20N4O. The second-order valence-corrected chi connectivity index (χ2v) is 5.51. The highest BCUT2D eigenvalue weighted by Gasteiger charge is 2.14. The van der Waals surface area contributed by atoms with Gasteiger partial charge in [-0.2, -0.15) is 5.10 Å². The topological polar surface area (TPSA) is 60.2 Å². The van der Waals surface area contributed by atoms with E-state index in [1.54, 1.807) is 0 Å². The van der Waals surface area contributed by atoms with E-state index in [1.807, 2.05) is 54.5 Å². The number of hydrogen-bond donors (Lipinski definition) is 1. The lowest BCUT2D eigenvalue weighted by molar-refractivity contribution is 0.291. The first-order chi connectivity index (χ1) is 10.1. The lowest BCUT2D eigenvalue weighted by Gasteiger charge is -2.19. The standard InChI is InChI=1S/C16H20N4O/c1-19(9-12-8-18-20(2)10-12)11-14(17)16-7-13-5-3-4-6-15(13)21-16/h3-8,10,14H,9,11,17H2,1-2H3. The van der Waals surface area contributed by atoms with Crippen LogP contribution in [0, 0.1) is 0 Å². The summed E-state index contributed by atoms with van der Waals surface area (Å²) in [5, 5.41) is 5.27. The zero-order valence-electron chi connectivity index (χ0n) is 12.4. The molecule has 110 valence electrons. The molecule has 0 bridgehead atoms. The fraction of sp³-hybridized carbons (Fsp3) is 0.312. The van der Waals surface area contributed by atoms with Crippen LogP contribution < -0.4 is 5.73 Å². The number of furan rings is 1. The third-order valence-electron chi connectivity index (χ3n) is 3.53. The van der Waals surface area contributed by atoms with Crippen LogP contribution in [-0.2, 0) is 13.6 Å². The van der Waals surface area contributed by atoms with Gasteiger partial charge in [-0.1, -0.05) is 18.2 Å². The van der Waals surface area contributed by atoms with E-state index in [4.69, 9.17) is 10.2 Å². The van der Waals surface area contributed by atoms with E-state index in [2.05, 4.69) is 17.0 Å². The number of aromatic nitrogens is 2. The quantitative estimate of drug-likeness (QED) is 0.781. The first-order valence-corrected chi connectivity index (χ1v) is 7.02. The zero-order chi connectivity index (χ0) is 14.8. The summed E-state index contributed by atoms with van der Waals surface area (Å²) < 4.78 is 7.62. The number of nitrogens with two attached hydrogens (primary N) is 1. The average Bonchev–Trinajstić information content (AvgIpc) is 3.04. The van der Waals surface area contributed by atoms with E-state index in [-0.39, 0.29) is 6.04 Å². The molecule has 1 unspecified atom stereocenters. The molecule has 5 nitrogen and oxygen atoms in total. The van der Waals surface area contributed by atoms with Crippen LogP contribution >= 0.6 is 0 Å². The molecule has 3 rings (SSSR count). The van der Waals surface area contributed by atoms with Gasteiger partial charge >= 0.3 is 0 Å². The molecule has 1 atom stereocenters. The van der Waals surface area contributed by atoms with E-state index in [0.717, 1.165) is 29.8 Å². The molecule has 0 aliphatic carbocycles. The number of benzene rings is 1. The molecule has 0 saturated carbocycles. The van der Waals surface area contributed by atoms with Crippen LogP contribution in [0.3, 0.4) is 0 Å². The second kappa shape index (κ2) is 5.71. The summed E-state index contributed by atoms with van der Waals surface area (Å²) in [6, 6.07) is 9.85. The Labute approximate surface area is 123 Å². The van der Waals surface area contributed by atoms with Crippen molar-refractivity contribution in [2.24, 2.45) is 12.8 Å².